The zero-order valence-corrected chi connectivity index (χ0v) is 12.4. The second-order valence-corrected chi connectivity index (χ2v) is 4.56. The molecule has 1 aromatic rings. The Hall–Kier alpha value is -2.37. The van der Waals surface area contributed by atoms with Crippen molar-refractivity contribution < 1.29 is 19.1 Å². The molecule has 2 N–H and O–H groups in total. The number of hydrogen-bond acceptors (Lipinski definition) is 4. The molecule has 0 aliphatic carbocycles. The molecule has 1 atom stereocenters. The molecule has 0 radical (unpaired) electrons. The predicted molar refractivity (Wildman–Crippen MR) is 78.0 cm³/mol. The maximum Gasteiger partial charge on any atom is 0.337 e. The molecule has 1 rings (SSSR count). The molecule has 1 aromatic carbocycles. The molecule has 6 heteroatoms. The van der Waals surface area contributed by atoms with Crippen LogP contribution >= 0.6 is 0 Å². The van der Waals surface area contributed by atoms with Gasteiger partial charge in [-0.2, -0.15) is 0 Å². The number of esters is 1. The molecule has 114 valence electrons. The summed E-state index contributed by atoms with van der Waals surface area (Å²) >= 11 is 0. The van der Waals surface area contributed by atoms with E-state index < -0.39 is 12.0 Å². The number of amides is 2. The largest absolute Gasteiger partial charge is 0.465 e. The van der Waals surface area contributed by atoms with Gasteiger partial charge in [-0.25, -0.2) is 4.79 Å². The average molecular weight is 292 g/mol. The van der Waals surface area contributed by atoms with Gasteiger partial charge in [0.15, 0.2) is 0 Å². The zero-order chi connectivity index (χ0) is 15.8. The van der Waals surface area contributed by atoms with E-state index >= 15 is 0 Å². The summed E-state index contributed by atoms with van der Waals surface area (Å²) in [6.07, 6.45) is 0.835. The van der Waals surface area contributed by atoms with Crippen molar-refractivity contribution in [2.45, 2.75) is 26.3 Å². The van der Waals surface area contributed by atoms with Crippen LogP contribution in [0.2, 0.25) is 0 Å². The van der Waals surface area contributed by atoms with Gasteiger partial charge in [0.05, 0.1) is 12.7 Å². The van der Waals surface area contributed by atoms with Crippen LogP contribution in [0.5, 0.6) is 0 Å². The van der Waals surface area contributed by atoms with Crippen LogP contribution in [0.4, 0.5) is 0 Å². The summed E-state index contributed by atoms with van der Waals surface area (Å²) in [5.41, 5.74) is 0.737. The summed E-state index contributed by atoms with van der Waals surface area (Å²) in [5.74, 6) is -1.06. The first-order valence-corrected chi connectivity index (χ1v) is 6.76. The molecule has 0 saturated heterocycles. The van der Waals surface area contributed by atoms with Crippen LogP contribution in [0.15, 0.2) is 24.3 Å². The maximum atomic E-state index is 12.0. The number of methoxy groups -OCH3 is 1. The maximum absolute atomic E-state index is 12.0. The molecule has 0 saturated carbocycles. The van der Waals surface area contributed by atoms with E-state index in [-0.39, 0.29) is 11.8 Å². The Bertz CT molecular complexity index is 511. The molecular formula is C15H20N2O4. The van der Waals surface area contributed by atoms with Crippen molar-refractivity contribution in [3.63, 3.8) is 0 Å². The summed E-state index contributed by atoms with van der Waals surface area (Å²) in [5, 5.41) is 5.31. The Labute approximate surface area is 123 Å². The number of benzene rings is 1. The minimum absolute atomic E-state index is 0.226. The zero-order valence-electron chi connectivity index (χ0n) is 12.4. The molecule has 6 nitrogen and oxygen atoms in total. The van der Waals surface area contributed by atoms with Gasteiger partial charge < -0.3 is 15.4 Å². The van der Waals surface area contributed by atoms with E-state index in [4.69, 9.17) is 0 Å². The van der Waals surface area contributed by atoms with Crippen LogP contribution in [-0.2, 0) is 9.53 Å². The van der Waals surface area contributed by atoms with Gasteiger partial charge >= 0.3 is 5.97 Å². The fourth-order valence-electron chi connectivity index (χ4n) is 1.62. The standard InChI is InChI=1S/C15H20N2O4/c1-4-9-16-13(18)10(2)17-14(19)11-5-7-12(8-6-11)15(20)21-3/h5-8,10H,4,9H2,1-3H3,(H,16,18)(H,17,19)/t10-/m0/s1. The van der Waals surface area contributed by atoms with E-state index in [1.807, 2.05) is 6.92 Å². The highest BCUT2D eigenvalue weighted by Crippen LogP contribution is 2.06. The lowest BCUT2D eigenvalue weighted by atomic mass is 10.1. The van der Waals surface area contributed by atoms with E-state index in [1.54, 1.807) is 6.92 Å². The van der Waals surface area contributed by atoms with Crippen molar-refractivity contribution in [3.05, 3.63) is 35.4 Å². The summed E-state index contributed by atoms with van der Waals surface area (Å²) < 4.78 is 4.58. The highest BCUT2D eigenvalue weighted by molar-refractivity contribution is 5.98. The topological polar surface area (TPSA) is 84.5 Å². The van der Waals surface area contributed by atoms with Crippen LogP contribution in [0.1, 0.15) is 41.0 Å². The van der Waals surface area contributed by atoms with Crippen LogP contribution in [0.3, 0.4) is 0 Å². The normalized spacial score (nSPS) is 11.4. The molecule has 0 aliphatic heterocycles. The number of carbonyl (C=O) groups is 3. The van der Waals surface area contributed by atoms with E-state index in [1.165, 1.54) is 31.4 Å². The fraction of sp³-hybridized carbons (Fsp3) is 0.400. The van der Waals surface area contributed by atoms with Crippen molar-refractivity contribution in [1.29, 1.82) is 0 Å². The van der Waals surface area contributed by atoms with Crippen molar-refractivity contribution in [2.75, 3.05) is 13.7 Å². The lowest BCUT2D eigenvalue weighted by Gasteiger charge is -2.13. The third kappa shape index (κ3) is 4.91. The Kier molecular flexibility index (Phi) is 6.39. The van der Waals surface area contributed by atoms with E-state index in [9.17, 15) is 14.4 Å². The number of carbonyl (C=O) groups excluding carboxylic acids is 3. The van der Waals surface area contributed by atoms with Gasteiger partial charge in [-0.15, -0.1) is 0 Å². The second kappa shape index (κ2) is 8.04. The minimum atomic E-state index is -0.621. The molecule has 0 bridgehead atoms. The molecular weight excluding hydrogens is 272 g/mol. The molecule has 0 heterocycles. The molecule has 0 aliphatic rings. The first-order valence-electron chi connectivity index (χ1n) is 6.76. The number of nitrogens with one attached hydrogen (secondary N) is 2. The average Bonchev–Trinajstić information content (AvgIpc) is 2.51. The van der Waals surface area contributed by atoms with Crippen molar-refractivity contribution in [1.82, 2.24) is 10.6 Å². The minimum Gasteiger partial charge on any atom is -0.465 e. The van der Waals surface area contributed by atoms with Crippen LogP contribution in [-0.4, -0.2) is 37.5 Å². The van der Waals surface area contributed by atoms with Gasteiger partial charge in [0.2, 0.25) is 5.91 Å². The van der Waals surface area contributed by atoms with Gasteiger partial charge in [-0.05, 0) is 37.6 Å². The summed E-state index contributed by atoms with van der Waals surface area (Å²) in [6, 6.07) is 5.41. The van der Waals surface area contributed by atoms with Crippen LogP contribution in [0, 0.1) is 0 Å². The summed E-state index contributed by atoms with van der Waals surface area (Å²) in [7, 11) is 1.29. The number of rotatable bonds is 6. The van der Waals surface area contributed by atoms with Crippen LogP contribution < -0.4 is 10.6 Å². The number of ether oxygens (including phenoxy) is 1. The van der Waals surface area contributed by atoms with E-state index in [0.717, 1.165) is 6.42 Å². The Morgan fingerprint density at radius 2 is 1.71 bits per heavy atom. The molecule has 0 fully saturated rings. The number of hydrogen-bond donors (Lipinski definition) is 2. The third-order valence-corrected chi connectivity index (χ3v) is 2.86. The SMILES string of the molecule is CCCNC(=O)[C@H](C)NC(=O)c1ccc(C(=O)OC)cc1. The quantitative estimate of drug-likeness (QED) is 0.769. The highest BCUT2D eigenvalue weighted by atomic mass is 16.5. The third-order valence-electron chi connectivity index (χ3n) is 2.86. The Morgan fingerprint density at radius 3 is 2.24 bits per heavy atom. The van der Waals surface area contributed by atoms with E-state index in [0.29, 0.717) is 17.7 Å². The predicted octanol–water partition coefficient (Wildman–Crippen LogP) is 1.12. The van der Waals surface area contributed by atoms with Crippen LogP contribution in [0.25, 0.3) is 0 Å². The van der Waals surface area contributed by atoms with Crippen molar-refractivity contribution >= 4 is 17.8 Å². The fourth-order valence-corrected chi connectivity index (χ4v) is 1.62. The van der Waals surface area contributed by atoms with Gasteiger partial charge in [0, 0.05) is 12.1 Å². The van der Waals surface area contributed by atoms with E-state index in [2.05, 4.69) is 15.4 Å². The lowest BCUT2D eigenvalue weighted by molar-refractivity contribution is -0.122. The molecule has 21 heavy (non-hydrogen) atoms. The van der Waals surface area contributed by atoms with Gasteiger partial charge in [0.25, 0.3) is 5.91 Å². The molecule has 0 aromatic heterocycles. The van der Waals surface area contributed by atoms with Crippen molar-refractivity contribution in [3.8, 4) is 0 Å². The monoisotopic (exact) mass is 292 g/mol. The Morgan fingerprint density at radius 1 is 1.14 bits per heavy atom. The summed E-state index contributed by atoms with van der Waals surface area (Å²) in [6.45, 7) is 4.14. The smallest absolute Gasteiger partial charge is 0.337 e. The first kappa shape index (κ1) is 16.7. The molecule has 2 amide bonds. The van der Waals surface area contributed by atoms with Gasteiger partial charge in [0.1, 0.15) is 6.04 Å². The molecule has 0 unspecified atom stereocenters. The van der Waals surface area contributed by atoms with Crippen molar-refractivity contribution in [2.24, 2.45) is 0 Å². The Balaban J connectivity index is 2.63. The first-order chi connectivity index (χ1) is 9.99. The van der Waals surface area contributed by atoms with Gasteiger partial charge in [-0.1, -0.05) is 6.92 Å². The lowest BCUT2D eigenvalue weighted by Crippen LogP contribution is -2.45. The second-order valence-electron chi connectivity index (χ2n) is 4.56. The highest BCUT2D eigenvalue weighted by Gasteiger charge is 2.16. The van der Waals surface area contributed by atoms with Gasteiger partial charge in [-0.3, -0.25) is 9.59 Å². The summed E-state index contributed by atoms with van der Waals surface area (Å²) in [4.78, 5) is 34.9. The molecule has 0 spiro atoms.